The second-order valence-electron chi connectivity index (χ2n) is 3.70. The smallest absolute Gasteiger partial charge is 0.271 e. The molecule has 5 nitrogen and oxygen atoms in total. The van der Waals surface area contributed by atoms with Crippen molar-refractivity contribution in [3.63, 3.8) is 0 Å². The van der Waals surface area contributed by atoms with Crippen molar-refractivity contribution < 1.29 is 10.0 Å². The van der Waals surface area contributed by atoms with Crippen molar-refractivity contribution in [3.8, 4) is 0 Å². The van der Waals surface area contributed by atoms with Gasteiger partial charge in [0.05, 0.1) is 11.0 Å². The number of nitrogens with one attached hydrogen (secondary N) is 1. The van der Waals surface area contributed by atoms with Gasteiger partial charge in [0.1, 0.15) is 0 Å². The van der Waals surface area contributed by atoms with Crippen molar-refractivity contribution >= 4 is 11.4 Å². The van der Waals surface area contributed by atoms with Gasteiger partial charge in [0.15, 0.2) is 0 Å². The lowest BCUT2D eigenvalue weighted by atomic mass is 10.1. The Balaban J connectivity index is 2.78. The molecule has 0 bridgehead atoms. The third kappa shape index (κ3) is 3.20. The standard InChI is InChI=1S/C11H16N2O3/c1-3-10(14)7-12-11-6-9(13(15)16)5-4-8(11)2/h4-6,10,12,14H,3,7H2,1-2H3. The molecule has 0 fully saturated rings. The third-order valence-electron chi connectivity index (χ3n) is 2.43. The molecule has 0 heterocycles. The number of rotatable bonds is 5. The average Bonchev–Trinajstić information content (AvgIpc) is 2.27. The molecule has 0 amide bonds. The molecule has 1 aromatic rings. The molecule has 0 spiro atoms. The van der Waals surface area contributed by atoms with Gasteiger partial charge in [0.25, 0.3) is 5.69 Å². The first kappa shape index (κ1) is 12.4. The van der Waals surface area contributed by atoms with E-state index in [9.17, 15) is 15.2 Å². The maximum atomic E-state index is 10.6. The first-order valence-corrected chi connectivity index (χ1v) is 5.21. The Labute approximate surface area is 94.3 Å². The number of benzene rings is 1. The van der Waals surface area contributed by atoms with Crippen LogP contribution in [0.3, 0.4) is 0 Å². The summed E-state index contributed by atoms with van der Waals surface area (Å²) in [6, 6.07) is 4.65. The predicted octanol–water partition coefficient (Wildman–Crippen LogP) is 2.09. The highest BCUT2D eigenvalue weighted by atomic mass is 16.6. The molecule has 0 aliphatic rings. The Hall–Kier alpha value is -1.62. The average molecular weight is 224 g/mol. The molecule has 16 heavy (non-hydrogen) atoms. The van der Waals surface area contributed by atoms with Crippen molar-refractivity contribution in [2.45, 2.75) is 26.4 Å². The number of anilines is 1. The SMILES string of the molecule is CCC(O)CNc1cc([N+](=O)[O-])ccc1C. The molecule has 1 rings (SSSR count). The van der Waals surface area contributed by atoms with E-state index in [1.54, 1.807) is 6.07 Å². The third-order valence-corrected chi connectivity index (χ3v) is 2.43. The van der Waals surface area contributed by atoms with Crippen LogP contribution in [-0.4, -0.2) is 22.7 Å². The summed E-state index contributed by atoms with van der Waals surface area (Å²) in [6.45, 7) is 4.15. The van der Waals surface area contributed by atoms with Crippen molar-refractivity contribution in [1.82, 2.24) is 0 Å². The number of aliphatic hydroxyl groups excluding tert-OH is 1. The quantitative estimate of drug-likeness (QED) is 0.593. The number of aliphatic hydroxyl groups is 1. The van der Waals surface area contributed by atoms with E-state index in [0.29, 0.717) is 18.7 Å². The van der Waals surface area contributed by atoms with Crippen LogP contribution in [0.25, 0.3) is 0 Å². The van der Waals surface area contributed by atoms with Crippen LogP contribution < -0.4 is 5.32 Å². The zero-order valence-electron chi connectivity index (χ0n) is 9.43. The lowest BCUT2D eigenvalue weighted by molar-refractivity contribution is -0.384. The first-order valence-electron chi connectivity index (χ1n) is 5.21. The fourth-order valence-electron chi connectivity index (χ4n) is 1.29. The summed E-state index contributed by atoms with van der Waals surface area (Å²) in [5, 5.41) is 23.0. The number of nitro benzene ring substituents is 1. The highest BCUT2D eigenvalue weighted by molar-refractivity contribution is 5.56. The van der Waals surface area contributed by atoms with E-state index in [1.165, 1.54) is 12.1 Å². The highest BCUT2D eigenvalue weighted by Crippen LogP contribution is 2.21. The monoisotopic (exact) mass is 224 g/mol. The first-order chi connectivity index (χ1) is 7.54. The van der Waals surface area contributed by atoms with Crippen molar-refractivity contribution in [2.75, 3.05) is 11.9 Å². The van der Waals surface area contributed by atoms with E-state index < -0.39 is 11.0 Å². The van der Waals surface area contributed by atoms with Gasteiger partial charge in [-0.3, -0.25) is 10.1 Å². The number of nitrogens with zero attached hydrogens (tertiary/aromatic N) is 1. The maximum absolute atomic E-state index is 10.6. The van der Waals surface area contributed by atoms with Crippen LogP contribution in [0.5, 0.6) is 0 Å². The fraction of sp³-hybridized carbons (Fsp3) is 0.455. The minimum Gasteiger partial charge on any atom is -0.391 e. The summed E-state index contributed by atoms with van der Waals surface area (Å²) in [6.07, 6.45) is 0.222. The van der Waals surface area contributed by atoms with E-state index in [1.807, 2.05) is 13.8 Å². The molecule has 0 aliphatic heterocycles. The van der Waals surface area contributed by atoms with Crippen LogP contribution >= 0.6 is 0 Å². The Bertz CT molecular complexity index is 379. The van der Waals surface area contributed by atoms with Crippen LogP contribution in [0.4, 0.5) is 11.4 Å². The van der Waals surface area contributed by atoms with Crippen LogP contribution in [0.2, 0.25) is 0 Å². The Morgan fingerprint density at radius 2 is 2.25 bits per heavy atom. The largest absolute Gasteiger partial charge is 0.391 e. The summed E-state index contributed by atoms with van der Waals surface area (Å²) in [5.74, 6) is 0. The Kier molecular flexibility index (Phi) is 4.25. The summed E-state index contributed by atoms with van der Waals surface area (Å²) >= 11 is 0. The molecule has 2 N–H and O–H groups in total. The minimum absolute atomic E-state index is 0.0547. The fourth-order valence-corrected chi connectivity index (χ4v) is 1.29. The number of hydrogen-bond donors (Lipinski definition) is 2. The molecule has 0 saturated carbocycles. The van der Waals surface area contributed by atoms with Crippen LogP contribution in [0.15, 0.2) is 18.2 Å². The lowest BCUT2D eigenvalue weighted by Crippen LogP contribution is -2.18. The summed E-state index contributed by atoms with van der Waals surface area (Å²) in [5.41, 5.74) is 1.68. The Morgan fingerprint density at radius 1 is 1.56 bits per heavy atom. The van der Waals surface area contributed by atoms with Crippen molar-refractivity contribution in [1.29, 1.82) is 0 Å². The van der Waals surface area contributed by atoms with Gasteiger partial charge in [0.2, 0.25) is 0 Å². The number of non-ortho nitro benzene ring substituents is 1. The molecular weight excluding hydrogens is 208 g/mol. The van der Waals surface area contributed by atoms with Crippen LogP contribution in [0, 0.1) is 17.0 Å². The molecule has 1 atom stereocenters. The van der Waals surface area contributed by atoms with Gasteiger partial charge >= 0.3 is 0 Å². The molecule has 5 heteroatoms. The van der Waals surface area contributed by atoms with E-state index in [2.05, 4.69) is 5.32 Å². The van der Waals surface area contributed by atoms with E-state index >= 15 is 0 Å². The van der Waals surface area contributed by atoms with Crippen LogP contribution in [-0.2, 0) is 0 Å². The molecule has 1 unspecified atom stereocenters. The molecular formula is C11H16N2O3. The summed E-state index contributed by atoms with van der Waals surface area (Å²) in [4.78, 5) is 10.2. The van der Waals surface area contributed by atoms with Gasteiger partial charge in [-0.1, -0.05) is 13.0 Å². The molecule has 88 valence electrons. The number of aryl methyl sites for hydroxylation is 1. The number of hydrogen-bond acceptors (Lipinski definition) is 4. The van der Waals surface area contributed by atoms with Gasteiger partial charge < -0.3 is 10.4 Å². The van der Waals surface area contributed by atoms with Gasteiger partial charge in [-0.05, 0) is 18.9 Å². The van der Waals surface area contributed by atoms with E-state index in [0.717, 1.165) is 5.56 Å². The highest BCUT2D eigenvalue weighted by Gasteiger charge is 2.09. The molecule has 0 aromatic heterocycles. The lowest BCUT2D eigenvalue weighted by Gasteiger charge is -2.12. The topological polar surface area (TPSA) is 75.4 Å². The van der Waals surface area contributed by atoms with Gasteiger partial charge in [-0.15, -0.1) is 0 Å². The van der Waals surface area contributed by atoms with E-state index in [4.69, 9.17) is 0 Å². The summed E-state index contributed by atoms with van der Waals surface area (Å²) in [7, 11) is 0. The molecule has 0 aliphatic carbocycles. The number of nitro groups is 1. The molecule has 1 aromatic carbocycles. The predicted molar refractivity (Wildman–Crippen MR) is 62.6 cm³/mol. The summed E-state index contributed by atoms with van der Waals surface area (Å²) < 4.78 is 0. The maximum Gasteiger partial charge on any atom is 0.271 e. The van der Waals surface area contributed by atoms with Gasteiger partial charge in [0, 0.05) is 24.4 Å². The zero-order chi connectivity index (χ0) is 12.1. The minimum atomic E-state index is -0.432. The second-order valence-corrected chi connectivity index (χ2v) is 3.70. The van der Waals surface area contributed by atoms with Gasteiger partial charge in [-0.25, -0.2) is 0 Å². The van der Waals surface area contributed by atoms with Crippen LogP contribution in [0.1, 0.15) is 18.9 Å². The zero-order valence-corrected chi connectivity index (χ0v) is 9.43. The van der Waals surface area contributed by atoms with Crippen molar-refractivity contribution in [3.05, 3.63) is 33.9 Å². The van der Waals surface area contributed by atoms with Gasteiger partial charge in [-0.2, -0.15) is 0 Å². The normalized spacial score (nSPS) is 12.2. The van der Waals surface area contributed by atoms with Crippen molar-refractivity contribution in [2.24, 2.45) is 0 Å². The van der Waals surface area contributed by atoms with E-state index in [-0.39, 0.29) is 5.69 Å². The molecule has 0 saturated heterocycles. The Morgan fingerprint density at radius 3 is 2.81 bits per heavy atom. The second kappa shape index (κ2) is 5.46. The molecule has 0 radical (unpaired) electrons.